The summed E-state index contributed by atoms with van der Waals surface area (Å²) >= 11 is 40.3. The van der Waals surface area contributed by atoms with Crippen LogP contribution in [0, 0.1) is 0 Å². The molecule has 0 aromatic heterocycles. The van der Waals surface area contributed by atoms with Crippen molar-refractivity contribution in [3.8, 4) is 11.1 Å². The molecule has 0 aliphatic rings. The zero-order chi connectivity index (χ0) is 15.0. The Morgan fingerprint density at radius 2 is 1.25 bits per heavy atom. The minimum atomic E-state index is 0.134. The van der Waals surface area contributed by atoms with Crippen LogP contribution in [-0.4, -0.2) is 0 Å². The average Bonchev–Trinajstić information content (AvgIpc) is 2.43. The summed E-state index contributed by atoms with van der Waals surface area (Å²) < 4.78 is 0. The number of benzene rings is 2. The molecule has 0 saturated carbocycles. The van der Waals surface area contributed by atoms with Crippen LogP contribution in [0.3, 0.4) is 0 Å². The topological polar surface area (TPSA) is 0 Å². The molecule has 0 aliphatic heterocycles. The van der Waals surface area contributed by atoms with Gasteiger partial charge in [0, 0.05) is 15.9 Å². The molecule has 0 nitrogen and oxygen atoms in total. The molecule has 106 valence electrons. The lowest BCUT2D eigenvalue weighted by atomic mass is 10.0. The molecule has 7 heteroatoms. The Morgan fingerprint density at radius 3 is 1.75 bits per heavy atom. The van der Waals surface area contributed by atoms with Gasteiger partial charge in [-0.1, -0.05) is 97.7 Å². The van der Waals surface area contributed by atoms with Crippen molar-refractivity contribution in [3.63, 3.8) is 0 Å². The highest BCUT2D eigenvalue weighted by Crippen LogP contribution is 2.49. The van der Waals surface area contributed by atoms with Gasteiger partial charge in [-0.15, -0.1) is 0 Å². The predicted molar refractivity (Wildman–Crippen MR) is 94.6 cm³/mol. The van der Waals surface area contributed by atoms with Gasteiger partial charge in [0.15, 0.2) is 0 Å². The second-order valence-corrected chi connectivity index (χ2v) is 6.70. The average molecular weight is 454 g/mol. The van der Waals surface area contributed by atoms with Crippen LogP contribution >= 0.6 is 85.5 Å². The first-order valence-corrected chi connectivity index (χ1v) is 8.64. The molecule has 2 aromatic carbocycles. The second kappa shape index (κ2) is 6.83. The quantitative estimate of drug-likeness (QED) is 0.244. The van der Waals surface area contributed by atoms with Crippen LogP contribution in [-0.2, 0) is 5.33 Å². The second-order valence-electron chi connectivity index (χ2n) is 3.84. The molecule has 0 radical (unpaired) electrons. The van der Waals surface area contributed by atoms with E-state index in [9.17, 15) is 0 Å². The van der Waals surface area contributed by atoms with E-state index >= 15 is 0 Å². The lowest BCUT2D eigenvalue weighted by Crippen LogP contribution is -1.92. The summed E-state index contributed by atoms with van der Waals surface area (Å²) in [4.78, 5) is 0. The van der Waals surface area contributed by atoms with E-state index < -0.39 is 0 Å². The standard InChI is InChI=1S/C13H5BrCl6/c14-4-6-5(2-1-3-7(6)15)8-9(16)11(18)13(20)12(19)10(8)17/h1-3H,4H2. The minimum absolute atomic E-state index is 0.134. The molecule has 0 amide bonds. The third kappa shape index (κ3) is 2.92. The van der Waals surface area contributed by atoms with E-state index in [-0.39, 0.29) is 25.1 Å². The van der Waals surface area contributed by atoms with Crippen molar-refractivity contribution in [2.75, 3.05) is 0 Å². The van der Waals surface area contributed by atoms with Crippen LogP contribution in [0.5, 0.6) is 0 Å². The monoisotopic (exact) mass is 450 g/mol. The fourth-order valence-corrected chi connectivity index (χ4v) is 4.12. The van der Waals surface area contributed by atoms with Crippen LogP contribution in [0.1, 0.15) is 5.56 Å². The third-order valence-electron chi connectivity index (χ3n) is 2.73. The van der Waals surface area contributed by atoms with Crippen molar-refractivity contribution in [2.24, 2.45) is 0 Å². The van der Waals surface area contributed by atoms with E-state index in [1.807, 2.05) is 6.07 Å². The highest BCUT2D eigenvalue weighted by molar-refractivity contribution is 9.08. The van der Waals surface area contributed by atoms with Crippen LogP contribution in [0.25, 0.3) is 11.1 Å². The molecule has 0 saturated heterocycles. The Labute approximate surface area is 155 Å². The Bertz CT molecular complexity index is 654. The largest absolute Gasteiger partial charge is 0.0875 e. The van der Waals surface area contributed by atoms with Gasteiger partial charge in [0.05, 0.1) is 25.1 Å². The fraction of sp³-hybridized carbons (Fsp3) is 0.0769. The van der Waals surface area contributed by atoms with Crippen LogP contribution < -0.4 is 0 Å². The number of hydrogen-bond acceptors (Lipinski definition) is 0. The summed E-state index contributed by atoms with van der Waals surface area (Å²) in [7, 11) is 0. The van der Waals surface area contributed by atoms with Crippen LogP contribution in [0.15, 0.2) is 18.2 Å². The van der Waals surface area contributed by atoms with E-state index in [2.05, 4.69) is 15.9 Å². The summed E-state index contributed by atoms with van der Waals surface area (Å²) in [5, 5.41) is 2.08. The van der Waals surface area contributed by atoms with Gasteiger partial charge >= 0.3 is 0 Å². The molecule has 2 aromatic rings. The van der Waals surface area contributed by atoms with E-state index in [0.717, 1.165) is 11.1 Å². The van der Waals surface area contributed by atoms with Gasteiger partial charge in [0.1, 0.15) is 0 Å². The molecular weight excluding hydrogens is 449 g/mol. The maximum Gasteiger partial charge on any atom is 0.0809 e. The number of alkyl halides is 1. The fourth-order valence-electron chi connectivity index (χ4n) is 1.77. The number of hydrogen-bond donors (Lipinski definition) is 0. The molecule has 0 aliphatic carbocycles. The summed E-state index contributed by atoms with van der Waals surface area (Å²) in [6, 6.07) is 5.42. The molecule has 0 bridgehead atoms. The first-order chi connectivity index (χ1) is 9.40. The molecule has 0 fully saturated rings. The van der Waals surface area contributed by atoms with Crippen molar-refractivity contribution in [2.45, 2.75) is 5.33 Å². The molecule has 0 atom stereocenters. The number of halogens is 7. The zero-order valence-electron chi connectivity index (χ0n) is 9.58. The molecular formula is C13H5BrCl6. The van der Waals surface area contributed by atoms with Gasteiger partial charge in [-0.3, -0.25) is 0 Å². The highest BCUT2D eigenvalue weighted by atomic mass is 79.9. The van der Waals surface area contributed by atoms with E-state index in [1.54, 1.807) is 12.1 Å². The summed E-state index contributed by atoms with van der Waals surface area (Å²) in [5.74, 6) is 0. The summed E-state index contributed by atoms with van der Waals surface area (Å²) in [5.41, 5.74) is 2.11. The maximum absolute atomic E-state index is 6.27. The molecule has 0 heterocycles. The lowest BCUT2D eigenvalue weighted by Gasteiger charge is -2.16. The number of rotatable bonds is 2. The molecule has 20 heavy (non-hydrogen) atoms. The van der Waals surface area contributed by atoms with Crippen LogP contribution in [0.2, 0.25) is 30.1 Å². The molecule has 0 spiro atoms. The van der Waals surface area contributed by atoms with Gasteiger partial charge in [-0.05, 0) is 17.2 Å². The van der Waals surface area contributed by atoms with Gasteiger partial charge < -0.3 is 0 Å². The van der Waals surface area contributed by atoms with Crippen molar-refractivity contribution in [1.29, 1.82) is 0 Å². The third-order valence-corrected chi connectivity index (χ3v) is 5.92. The van der Waals surface area contributed by atoms with E-state index in [4.69, 9.17) is 69.6 Å². The molecule has 0 N–H and O–H groups in total. The zero-order valence-corrected chi connectivity index (χ0v) is 15.7. The molecule has 2 rings (SSSR count). The van der Waals surface area contributed by atoms with Crippen molar-refractivity contribution < 1.29 is 0 Å². The Balaban J connectivity index is 2.87. The van der Waals surface area contributed by atoms with Crippen molar-refractivity contribution >= 4 is 85.5 Å². The predicted octanol–water partition coefficient (Wildman–Crippen LogP) is 8.17. The lowest BCUT2D eigenvalue weighted by molar-refractivity contribution is 1.43. The van der Waals surface area contributed by atoms with E-state index in [1.165, 1.54) is 0 Å². The normalized spacial score (nSPS) is 10.9. The van der Waals surface area contributed by atoms with E-state index in [0.29, 0.717) is 15.9 Å². The Morgan fingerprint density at radius 1 is 0.750 bits per heavy atom. The highest BCUT2D eigenvalue weighted by Gasteiger charge is 2.22. The van der Waals surface area contributed by atoms with Gasteiger partial charge in [0.25, 0.3) is 0 Å². The Hall–Kier alpha value is 0.660. The minimum Gasteiger partial charge on any atom is -0.0875 e. The summed E-state index contributed by atoms with van der Waals surface area (Å²) in [6.07, 6.45) is 0. The maximum atomic E-state index is 6.27. The Kier molecular flexibility index (Phi) is 5.81. The van der Waals surface area contributed by atoms with Crippen molar-refractivity contribution in [3.05, 3.63) is 53.9 Å². The van der Waals surface area contributed by atoms with Gasteiger partial charge in [-0.25, -0.2) is 0 Å². The van der Waals surface area contributed by atoms with Crippen LogP contribution in [0.4, 0.5) is 0 Å². The van der Waals surface area contributed by atoms with Gasteiger partial charge in [0.2, 0.25) is 0 Å². The van der Waals surface area contributed by atoms with Gasteiger partial charge in [-0.2, -0.15) is 0 Å². The SMILES string of the molecule is Clc1cccc(-c2c(Cl)c(Cl)c(Cl)c(Cl)c2Cl)c1CBr. The molecule has 0 unspecified atom stereocenters. The smallest absolute Gasteiger partial charge is 0.0809 e. The van der Waals surface area contributed by atoms with Crippen molar-refractivity contribution in [1.82, 2.24) is 0 Å². The first kappa shape index (κ1) is 17.0. The summed E-state index contributed by atoms with van der Waals surface area (Å²) in [6.45, 7) is 0. The first-order valence-electron chi connectivity index (χ1n) is 5.25.